The molecular formula is C19H17N3O2. The van der Waals surface area contributed by atoms with Crippen molar-refractivity contribution in [1.82, 2.24) is 14.5 Å². The number of carbonyl (C=O) groups is 1. The average Bonchev–Trinajstić information content (AvgIpc) is 3.10. The van der Waals surface area contributed by atoms with Crippen molar-refractivity contribution in [2.75, 3.05) is 6.54 Å². The van der Waals surface area contributed by atoms with Crippen molar-refractivity contribution in [3.05, 3.63) is 94.2 Å². The lowest BCUT2D eigenvalue weighted by molar-refractivity contribution is 0.0662. The fraction of sp³-hybridized carbons (Fsp3) is 0.158. The summed E-state index contributed by atoms with van der Waals surface area (Å²) in [5, 5.41) is 0. The Kier molecular flexibility index (Phi) is 3.54. The quantitative estimate of drug-likeness (QED) is 0.788. The van der Waals surface area contributed by atoms with Crippen LogP contribution >= 0.6 is 0 Å². The second kappa shape index (κ2) is 5.85. The van der Waals surface area contributed by atoms with Crippen molar-refractivity contribution in [1.29, 1.82) is 0 Å². The highest BCUT2D eigenvalue weighted by atomic mass is 16.2. The molecule has 0 aliphatic carbocycles. The zero-order valence-corrected chi connectivity index (χ0v) is 13.1. The minimum atomic E-state index is -0.352. The first-order chi connectivity index (χ1) is 11.8. The lowest BCUT2D eigenvalue weighted by Gasteiger charge is -2.37. The Morgan fingerprint density at radius 2 is 1.83 bits per heavy atom. The summed E-state index contributed by atoms with van der Waals surface area (Å²) < 4.78 is 2.16. The maximum absolute atomic E-state index is 13.0. The van der Waals surface area contributed by atoms with Gasteiger partial charge in [-0.3, -0.25) is 9.59 Å². The summed E-state index contributed by atoms with van der Waals surface area (Å²) in [6.07, 6.45) is 3.57. The van der Waals surface area contributed by atoms with Gasteiger partial charge < -0.3 is 14.5 Å². The van der Waals surface area contributed by atoms with Crippen LogP contribution in [0.2, 0.25) is 0 Å². The zero-order chi connectivity index (χ0) is 16.5. The molecule has 1 aliphatic rings. The molecule has 1 aromatic carbocycles. The number of hydrogen-bond acceptors (Lipinski definition) is 2. The molecule has 0 radical (unpaired) electrons. The summed E-state index contributed by atoms with van der Waals surface area (Å²) in [7, 11) is 0. The number of H-pyrrole nitrogens is 1. The van der Waals surface area contributed by atoms with Crippen molar-refractivity contribution in [3.63, 3.8) is 0 Å². The SMILES string of the molecule is O=C(c1ccc[nH]c1=O)N1CCn2cccc2[C@H]1c1ccccc1. The van der Waals surface area contributed by atoms with Crippen molar-refractivity contribution in [2.24, 2.45) is 0 Å². The highest BCUT2D eigenvalue weighted by Crippen LogP contribution is 2.32. The predicted molar refractivity (Wildman–Crippen MR) is 90.8 cm³/mol. The van der Waals surface area contributed by atoms with Crippen LogP contribution in [0.1, 0.15) is 27.7 Å². The van der Waals surface area contributed by atoms with E-state index in [9.17, 15) is 9.59 Å². The number of nitrogens with one attached hydrogen (secondary N) is 1. The number of aromatic nitrogens is 2. The van der Waals surface area contributed by atoms with E-state index < -0.39 is 0 Å². The first-order valence-electron chi connectivity index (χ1n) is 7.94. The van der Waals surface area contributed by atoms with Gasteiger partial charge >= 0.3 is 0 Å². The van der Waals surface area contributed by atoms with Crippen LogP contribution in [0.25, 0.3) is 0 Å². The van der Waals surface area contributed by atoms with Crippen LogP contribution in [0, 0.1) is 0 Å². The second-order valence-electron chi connectivity index (χ2n) is 5.85. The summed E-state index contributed by atoms with van der Waals surface area (Å²) in [6, 6.07) is 17.0. The molecule has 0 unspecified atom stereocenters. The van der Waals surface area contributed by atoms with Gasteiger partial charge in [-0.15, -0.1) is 0 Å². The average molecular weight is 319 g/mol. The third-order valence-electron chi connectivity index (χ3n) is 4.46. The Morgan fingerprint density at radius 1 is 1.00 bits per heavy atom. The lowest BCUT2D eigenvalue weighted by atomic mass is 9.99. The molecule has 5 heteroatoms. The van der Waals surface area contributed by atoms with Gasteiger partial charge in [0.05, 0.1) is 6.04 Å². The summed E-state index contributed by atoms with van der Waals surface area (Å²) in [5.74, 6) is -0.238. The van der Waals surface area contributed by atoms with E-state index in [1.807, 2.05) is 48.7 Å². The third kappa shape index (κ3) is 2.34. The number of nitrogens with zero attached hydrogens (tertiary/aromatic N) is 2. The number of carbonyl (C=O) groups excluding carboxylic acids is 1. The highest BCUT2D eigenvalue weighted by molar-refractivity contribution is 5.94. The summed E-state index contributed by atoms with van der Waals surface area (Å²) in [5.41, 5.74) is 1.93. The van der Waals surface area contributed by atoms with Gasteiger partial charge in [0.25, 0.3) is 11.5 Å². The lowest BCUT2D eigenvalue weighted by Crippen LogP contribution is -2.43. The predicted octanol–water partition coefficient (Wildman–Crippen LogP) is 2.42. The van der Waals surface area contributed by atoms with Gasteiger partial charge in [-0.25, -0.2) is 0 Å². The number of fused-ring (bicyclic) bond motifs is 1. The Morgan fingerprint density at radius 3 is 2.62 bits per heavy atom. The van der Waals surface area contributed by atoms with E-state index in [4.69, 9.17) is 0 Å². The molecule has 120 valence electrons. The molecule has 4 rings (SSSR count). The van der Waals surface area contributed by atoms with Gasteiger partial charge in [-0.2, -0.15) is 0 Å². The Bertz CT molecular complexity index is 927. The molecule has 3 aromatic rings. The molecule has 3 heterocycles. The van der Waals surface area contributed by atoms with E-state index in [0.29, 0.717) is 6.54 Å². The standard InChI is InChI=1S/C19H17N3O2/c23-18-15(8-4-10-20-18)19(24)22-13-12-21-11-5-9-16(21)17(22)14-6-2-1-3-7-14/h1-11,17H,12-13H2,(H,20,23)/t17-/m1/s1. The van der Waals surface area contributed by atoms with Crippen LogP contribution in [0.4, 0.5) is 0 Å². The van der Waals surface area contributed by atoms with Gasteiger partial charge in [0.15, 0.2) is 0 Å². The molecule has 0 spiro atoms. The molecule has 24 heavy (non-hydrogen) atoms. The van der Waals surface area contributed by atoms with Crippen LogP contribution in [0.15, 0.2) is 71.8 Å². The smallest absolute Gasteiger partial charge is 0.260 e. The molecule has 1 aliphatic heterocycles. The fourth-order valence-corrected chi connectivity index (χ4v) is 3.33. The normalized spacial score (nSPS) is 16.7. The largest absolute Gasteiger partial charge is 0.348 e. The van der Waals surface area contributed by atoms with E-state index >= 15 is 0 Å². The summed E-state index contributed by atoms with van der Waals surface area (Å²) in [4.78, 5) is 29.4. The van der Waals surface area contributed by atoms with Gasteiger partial charge in [-0.05, 0) is 29.8 Å². The molecule has 1 N–H and O–H groups in total. The first-order valence-corrected chi connectivity index (χ1v) is 7.94. The van der Waals surface area contributed by atoms with Gasteiger partial charge in [0.2, 0.25) is 0 Å². The molecule has 2 aromatic heterocycles. The van der Waals surface area contributed by atoms with E-state index in [2.05, 4.69) is 9.55 Å². The van der Waals surface area contributed by atoms with Crippen molar-refractivity contribution in [3.8, 4) is 0 Å². The molecule has 0 saturated heterocycles. The maximum atomic E-state index is 13.0. The van der Waals surface area contributed by atoms with Crippen molar-refractivity contribution >= 4 is 5.91 Å². The van der Waals surface area contributed by atoms with Crippen LogP contribution < -0.4 is 5.56 Å². The van der Waals surface area contributed by atoms with Crippen LogP contribution in [-0.2, 0) is 6.54 Å². The third-order valence-corrected chi connectivity index (χ3v) is 4.46. The van der Waals surface area contributed by atoms with Crippen LogP contribution in [0.3, 0.4) is 0 Å². The van der Waals surface area contributed by atoms with Crippen molar-refractivity contribution < 1.29 is 4.79 Å². The fourth-order valence-electron chi connectivity index (χ4n) is 3.33. The molecule has 5 nitrogen and oxygen atoms in total. The van der Waals surface area contributed by atoms with E-state index in [-0.39, 0.29) is 23.1 Å². The number of aromatic amines is 1. The minimum absolute atomic E-state index is 0.179. The monoisotopic (exact) mass is 319 g/mol. The molecule has 0 fully saturated rings. The number of benzene rings is 1. The van der Waals surface area contributed by atoms with E-state index in [1.165, 1.54) is 6.20 Å². The second-order valence-corrected chi connectivity index (χ2v) is 5.85. The van der Waals surface area contributed by atoms with Gasteiger partial charge in [-0.1, -0.05) is 30.3 Å². The summed E-state index contributed by atoms with van der Waals surface area (Å²) in [6.45, 7) is 1.29. The minimum Gasteiger partial charge on any atom is -0.348 e. The molecular weight excluding hydrogens is 302 g/mol. The van der Waals surface area contributed by atoms with Crippen molar-refractivity contribution in [2.45, 2.75) is 12.6 Å². The summed E-state index contributed by atoms with van der Waals surface area (Å²) >= 11 is 0. The number of amides is 1. The highest BCUT2D eigenvalue weighted by Gasteiger charge is 2.33. The molecule has 1 atom stereocenters. The Hall–Kier alpha value is -3.08. The zero-order valence-electron chi connectivity index (χ0n) is 13.1. The van der Waals surface area contributed by atoms with Gasteiger partial charge in [0.1, 0.15) is 5.56 Å². The van der Waals surface area contributed by atoms with E-state index in [0.717, 1.165) is 17.8 Å². The topological polar surface area (TPSA) is 58.1 Å². The van der Waals surface area contributed by atoms with Gasteiger partial charge in [0, 0.05) is 31.2 Å². The van der Waals surface area contributed by atoms with E-state index in [1.54, 1.807) is 17.0 Å². The Balaban J connectivity index is 1.81. The molecule has 0 saturated carbocycles. The number of rotatable bonds is 2. The molecule has 1 amide bonds. The number of pyridine rings is 1. The Labute approximate surface area is 139 Å². The maximum Gasteiger partial charge on any atom is 0.260 e. The molecule has 0 bridgehead atoms. The number of hydrogen-bond donors (Lipinski definition) is 1. The van der Waals surface area contributed by atoms with Crippen LogP contribution in [-0.4, -0.2) is 26.9 Å². The van der Waals surface area contributed by atoms with Crippen LogP contribution in [0.5, 0.6) is 0 Å². The first kappa shape index (κ1) is 14.5.